The molecule has 0 bridgehead atoms. The van der Waals surface area contributed by atoms with Gasteiger partial charge in [0, 0.05) is 17.0 Å². The van der Waals surface area contributed by atoms with E-state index in [9.17, 15) is 4.79 Å². The SMILES string of the molecule is Cc1ccc2c(CC(=O)N(Cc3nnc(-c4ccccc4Cl)o3)C(C)C)coc2c1C. The summed E-state index contributed by atoms with van der Waals surface area (Å²) in [7, 11) is 0. The molecule has 0 radical (unpaired) electrons. The molecule has 31 heavy (non-hydrogen) atoms. The minimum Gasteiger partial charge on any atom is -0.464 e. The van der Waals surface area contributed by atoms with Gasteiger partial charge >= 0.3 is 0 Å². The molecule has 2 aromatic heterocycles. The smallest absolute Gasteiger partial charge is 0.249 e. The van der Waals surface area contributed by atoms with Crippen molar-refractivity contribution in [3.8, 4) is 11.5 Å². The second-order valence-electron chi connectivity index (χ2n) is 7.92. The van der Waals surface area contributed by atoms with E-state index in [-0.39, 0.29) is 24.9 Å². The lowest BCUT2D eigenvalue weighted by atomic mass is 10.0. The van der Waals surface area contributed by atoms with Crippen LogP contribution in [0.25, 0.3) is 22.4 Å². The maximum Gasteiger partial charge on any atom is 0.249 e. The number of hydrogen-bond acceptors (Lipinski definition) is 5. The molecule has 2 heterocycles. The van der Waals surface area contributed by atoms with Crippen LogP contribution in [0.3, 0.4) is 0 Å². The summed E-state index contributed by atoms with van der Waals surface area (Å²) in [5, 5.41) is 9.72. The van der Waals surface area contributed by atoms with E-state index in [2.05, 4.69) is 16.3 Å². The Morgan fingerprint density at radius 2 is 1.90 bits per heavy atom. The standard InChI is InChI=1S/C24H24ClN3O3/c1-14(2)28(12-21-26-27-24(31-21)19-7-5-6-8-20(19)25)22(29)11-17-13-30-23-16(4)15(3)9-10-18(17)23/h5-10,13-14H,11-12H2,1-4H3. The number of halogens is 1. The lowest BCUT2D eigenvalue weighted by molar-refractivity contribution is -0.133. The molecule has 2 aromatic carbocycles. The van der Waals surface area contributed by atoms with E-state index >= 15 is 0 Å². The van der Waals surface area contributed by atoms with Crippen molar-refractivity contribution in [2.24, 2.45) is 0 Å². The van der Waals surface area contributed by atoms with Crippen molar-refractivity contribution in [1.29, 1.82) is 0 Å². The fourth-order valence-corrected chi connectivity index (χ4v) is 3.77. The van der Waals surface area contributed by atoms with Crippen LogP contribution >= 0.6 is 11.6 Å². The van der Waals surface area contributed by atoms with Gasteiger partial charge < -0.3 is 13.7 Å². The highest BCUT2D eigenvalue weighted by Crippen LogP contribution is 2.28. The van der Waals surface area contributed by atoms with Gasteiger partial charge in [0.2, 0.25) is 17.7 Å². The average molecular weight is 438 g/mol. The molecule has 4 aromatic rings. The monoisotopic (exact) mass is 437 g/mol. The molecular formula is C24H24ClN3O3. The zero-order valence-electron chi connectivity index (χ0n) is 18.0. The van der Waals surface area contributed by atoms with Crippen LogP contribution in [0.15, 0.2) is 51.5 Å². The summed E-state index contributed by atoms with van der Waals surface area (Å²) in [4.78, 5) is 14.9. The van der Waals surface area contributed by atoms with Crippen LogP contribution in [-0.2, 0) is 17.8 Å². The molecule has 0 aliphatic heterocycles. The summed E-state index contributed by atoms with van der Waals surface area (Å²) in [5.74, 6) is 0.664. The Balaban J connectivity index is 1.54. The number of benzene rings is 2. The Morgan fingerprint density at radius 3 is 2.65 bits per heavy atom. The van der Waals surface area contributed by atoms with Gasteiger partial charge in [-0.1, -0.05) is 35.9 Å². The van der Waals surface area contributed by atoms with E-state index in [1.165, 1.54) is 0 Å². The Labute approximate surface area is 185 Å². The van der Waals surface area contributed by atoms with E-state index < -0.39 is 0 Å². The minimum atomic E-state index is -0.0368. The molecule has 0 N–H and O–H groups in total. The molecule has 0 fully saturated rings. The lowest BCUT2D eigenvalue weighted by Gasteiger charge is -2.25. The summed E-state index contributed by atoms with van der Waals surface area (Å²) in [5.41, 5.74) is 4.63. The third-order valence-corrected chi connectivity index (χ3v) is 5.83. The third kappa shape index (κ3) is 4.21. The van der Waals surface area contributed by atoms with Crippen molar-refractivity contribution in [3.63, 3.8) is 0 Å². The normalized spacial score (nSPS) is 11.4. The van der Waals surface area contributed by atoms with Crippen molar-refractivity contribution in [2.75, 3.05) is 0 Å². The fourth-order valence-electron chi connectivity index (χ4n) is 3.56. The molecule has 0 unspecified atom stereocenters. The number of hydrogen-bond donors (Lipinski definition) is 0. The number of aromatic nitrogens is 2. The molecule has 4 rings (SSSR count). The fraction of sp³-hybridized carbons (Fsp3) is 0.292. The molecular weight excluding hydrogens is 414 g/mol. The number of furan rings is 1. The first-order chi connectivity index (χ1) is 14.8. The highest BCUT2D eigenvalue weighted by molar-refractivity contribution is 6.33. The Kier molecular flexibility index (Phi) is 5.83. The molecule has 1 amide bonds. The highest BCUT2D eigenvalue weighted by Gasteiger charge is 2.23. The maximum atomic E-state index is 13.2. The quantitative estimate of drug-likeness (QED) is 0.385. The first-order valence-corrected chi connectivity index (χ1v) is 10.6. The zero-order chi connectivity index (χ0) is 22.1. The number of fused-ring (bicyclic) bond motifs is 1. The van der Waals surface area contributed by atoms with E-state index in [4.69, 9.17) is 20.4 Å². The molecule has 6 nitrogen and oxygen atoms in total. The molecule has 0 atom stereocenters. The molecule has 160 valence electrons. The highest BCUT2D eigenvalue weighted by atomic mass is 35.5. The van der Waals surface area contributed by atoms with E-state index in [0.29, 0.717) is 22.4 Å². The van der Waals surface area contributed by atoms with Gasteiger partial charge in [0.1, 0.15) is 5.58 Å². The minimum absolute atomic E-state index is 0.0339. The first kappa shape index (κ1) is 21.1. The van der Waals surface area contributed by atoms with E-state index in [0.717, 1.165) is 27.7 Å². The predicted octanol–water partition coefficient (Wildman–Crippen LogP) is 5.73. The topological polar surface area (TPSA) is 72.4 Å². The molecule has 7 heteroatoms. The molecule has 0 aliphatic carbocycles. The zero-order valence-corrected chi connectivity index (χ0v) is 18.7. The summed E-state index contributed by atoms with van der Waals surface area (Å²) >= 11 is 6.22. The van der Waals surface area contributed by atoms with Gasteiger partial charge in [-0.2, -0.15) is 0 Å². The van der Waals surface area contributed by atoms with Crippen LogP contribution in [0, 0.1) is 13.8 Å². The number of carbonyl (C=O) groups is 1. The lowest BCUT2D eigenvalue weighted by Crippen LogP contribution is -2.37. The first-order valence-electron chi connectivity index (χ1n) is 10.2. The summed E-state index contributed by atoms with van der Waals surface area (Å²) < 4.78 is 11.6. The van der Waals surface area contributed by atoms with Crippen LogP contribution in [-0.4, -0.2) is 27.0 Å². The maximum absolute atomic E-state index is 13.2. The molecule has 0 spiro atoms. The summed E-state index contributed by atoms with van der Waals surface area (Å²) in [6.45, 7) is 8.22. The van der Waals surface area contributed by atoms with Gasteiger partial charge in [0.25, 0.3) is 0 Å². The summed E-state index contributed by atoms with van der Waals surface area (Å²) in [6, 6.07) is 11.3. The Bertz CT molecular complexity index is 1240. The second-order valence-corrected chi connectivity index (χ2v) is 8.33. The van der Waals surface area contributed by atoms with Crippen LogP contribution in [0.4, 0.5) is 0 Å². The molecule has 0 aliphatic rings. The van der Waals surface area contributed by atoms with Crippen LogP contribution < -0.4 is 0 Å². The van der Waals surface area contributed by atoms with Gasteiger partial charge in [0.05, 0.1) is 29.8 Å². The van der Waals surface area contributed by atoms with Crippen molar-refractivity contribution in [1.82, 2.24) is 15.1 Å². The van der Waals surface area contributed by atoms with E-state index in [1.807, 2.05) is 52.0 Å². The summed E-state index contributed by atoms with van der Waals surface area (Å²) in [6.07, 6.45) is 1.91. The predicted molar refractivity (Wildman–Crippen MR) is 120 cm³/mol. The largest absolute Gasteiger partial charge is 0.464 e. The number of rotatable bonds is 6. The van der Waals surface area contributed by atoms with Gasteiger partial charge in [-0.25, -0.2) is 0 Å². The third-order valence-electron chi connectivity index (χ3n) is 5.50. The number of carbonyl (C=O) groups excluding carboxylic acids is 1. The average Bonchev–Trinajstić information content (AvgIpc) is 3.36. The van der Waals surface area contributed by atoms with Gasteiger partial charge in [-0.05, 0) is 51.0 Å². The molecule has 0 saturated carbocycles. The van der Waals surface area contributed by atoms with Crippen LogP contribution in [0.5, 0.6) is 0 Å². The second kappa shape index (κ2) is 8.55. The van der Waals surface area contributed by atoms with Crippen molar-refractivity contribution in [2.45, 2.75) is 46.7 Å². The number of aryl methyl sites for hydroxylation is 2. The van der Waals surface area contributed by atoms with Crippen molar-refractivity contribution >= 4 is 28.5 Å². The Morgan fingerprint density at radius 1 is 1.13 bits per heavy atom. The van der Waals surface area contributed by atoms with Crippen LogP contribution in [0.2, 0.25) is 5.02 Å². The molecule has 0 saturated heterocycles. The van der Waals surface area contributed by atoms with Gasteiger partial charge in [-0.15, -0.1) is 10.2 Å². The van der Waals surface area contributed by atoms with Gasteiger partial charge in [-0.3, -0.25) is 4.79 Å². The van der Waals surface area contributed by atoms with Gasteiger partial charge in [0.15, 0.2) is 0 Å². The number of amides is 1. The van der Waals surface area contributed by atoms with Crippen LogP contribution in [0.1, 0.15) is 36.4 Å². The number of nitrogens with zero attached hydrogens (tertiary/aromatic N) is 3. The van der Waals surface area contributed by atoms with Crippen molar-refractivity contribution in [3.05, 3.63) is 70.3 Å². The van der Waals surface area contributed by atoms with Crippen molar-refractivity contribution < 1.29 is 13.6 Å². The Hall–Kier alpha value is -3.12. The van der Waals surface area contributed by atoms with E-state index in [1.54, 1.807) is 17.2 Å².